The smallest absolute Gasteiger partial charge is 0.256 e. The molecule has 2 aromatic carbocycles. The van der Waals surface area contributed by atoms with E-state index in [0.29, 0.717) is 16.9 Å². The normalized spacial score (nSPS) is 14.5. The quantitative estimate of drug-likeness (QED) is 0.715. The standard InChI is InChI=1S/C20H18N4O2/c1-13-17(22-16-9-5-4-8-15(16)21-13)11-24-12-19(25)23(2)18-10-6-3-7-14(18)20(24)26/h3-10H,11-12H2,1-2H3. The highest BCUT2D eigenvalue weighted by Crippen LogP contribution is 2.25. The molecular weight excluding hydrogens is 328 g/mol. The fraction of sp³-hybridized carbons (Fsp3) is 0.200. The Morgan fingerprint density at radius 1 is 0.962 bits per heavy atom. The van der Waals surface area contributed by atoms with Gasteiger partial charge in [-0.25, -0.2) is 9.97 Å². The summed E-state index contributed by atoms with van der Waals surface area (Å²) in [6.07, 6.45) is 0. The van der Waals surface area contributed by atoms with E-state index in [9.17, 15) is 9.59 Å². The van der Waals surface area contributed by atoms with Crippen molar-refractivity contribution in [2.45, 2.75) is 13.5 Å². The van der Waals surface area contributed by atoms with Crippen LogP contribution in [0.1, 0.15) is 21.7 Å². The van der Waals surface area contributed by atoms with Crippen LogP contribution in [0.25, 0.3) is 11.0 Å². The Morgan fingerprint density at radius 2 is 1.62 bits per heavy atom. The molecule has 6 nitrogen and oxygen atoms in total. The molecule has 0 N–H and O–H groups in total. The van der Waals surface area contributed by atoms with Crippen molar-refractivity contribution in [1.29, 1.82) is 0 Å². The average molecular weight is 346 g/mol. The Bertz CT molecular complexity index is 1030. The van der Waals surface area contributed by atoms with Gasteiger partial charge in [0.15, 0.2) is 0 Å². The van der Waals surface area contributed by atoms with Crippen LogP contribution >= 0.6 is 0 Å². The predicted octanol–water partition coefficient (Wildman–Crippen LogP) is 2.56. The van der Waals surface area contributed by atoms with Crippen LogP contribution in [-0.4, -0.2) is 40.3 Å². The van der Waals surface area contributed by atoms with Gasteiger partial charge in [0.25, 0.3) is 5.91 Å². The number of likely N-dealkylation sites (N-methyl/N-ethyl adjacent to an activating group) is 1. The summed E-state index contributed by atoms with van der Waals surface area (Å²) in [6.45, 7) is 2.13. The Balaban J connectivity index is 1.73. The highest BCUT2D eigenvalue weighted by Gasteiger charge is 2.30. The molecule has 2 amide bonds. The fourth-order valence-corrected chi connectivity index (χ4v) is 3.18. The molecule has 0 bridgehead atoms. The van der Waals surface area contributed by atoms with Gasteiger partial charge in [-0.3, -0.25) is 9.59 Å². The Hall–Kier alpha value is -3.28. The Labute approximate surface area is 151 Å². The van der Waals surface area contributed by atoms with Crippen LogP contribution < -0.4 is 4.90 Å². The van der Waals surface area contributed by atoms with Crippen molar-refractivity contribution in [3.05, 3.63) is 65.5 Å². The highest BCUT2D eigenvalue weighted by molar-refractivity contribution is 6.09. The van der Waals surface area contributed by atoms with Crippen LogP contribution in [0.2, 0.25) is 0 Å². The third-order valence-corrected chi connectivity index (χ3v) is 4.67. The summed E-state index contributed by atoms with van der Waals surface area (Å²) in [4.78, 5) is 37.8. The zero-order valence-electron chi connectivity index (χ0n) is 14.6. The first-order valence-corrected chi connectivity index (χ1v) is 8.41. The Morgan fingerprint density at radius 3 is 2.38 bits per heavy atom. The lowest BCUT2D eigenvalue weighted by molar-refractivity contribution is -0.119. The van der Waals surface area contributed by atoms with Gasteiger partial charge in [0.1, 0.15) is 6.54 Å². The molecule has 2 heterocycles. The van der Waals surface area contributed by atoms with E-state index in [1.165, 1.54) is 9.80 Å². The highest BCUT2D eigenvalue weighted by atomic mass is 16.2. The molecule has 0 spiro atoms. The zero-order chi connectivity index (χ0) is 18.3. The van der Waals surface area contributed by atoms with Crippen molar-refractivity contribution in [3.8, 4) is 0 Å². The van der Waals surface area contributed by atoms with E-state index in [2.05, 4.69) is 9.97 Å². The molecule has 26 heavy (non-hydrogen) atoms. The van der Waals surface area contributed by atoms with Crippen LogP contribution in [-0.2, 0) is 11.3 Å². The number of rotatable bonds is 2. The molecule has 0 unspecified atom stereocenters. The first kappa shape index (κ1) is 16.2. The monoisotopic (exact) mass is 346 g/mol. The van der Waals surface area contributed by atoms with Gasteiger partial charge in [0.2, 0.25) is 5.91 Å². The van der Waals surface area contributed by atoms with E-state index >= 15 is 0 Å². The maximum atomic E-state index is 13.0. The number of carbonyl (C=O) groups excluding carboxylic acids is 2. The van der Waals surface area contributed by atoms with Gasteiger partial charge < -0.3 is 9.80 Å². The maximum absolute atomic E-state index is 13.0. The summed E-state index contributed by atoms with van der Waals surface area (Å²) >= 11 is 0. The third-order valence-electron chi connectivity index (χ3n) is 4.67. The lowest BCUT2D eigenvalue weighted by Gasteiger charge is -2.20. The molecule has 130 valence electrons. The van der Waals surface area contributed by atoms with E-state index in [1.807, 2.05) is 37.3 Å². The number of aryl methyl sites for hydroxylation is 1. The van der Waals surface area contributed by atoms with E-state index in [1.54, 1.807) is 25.2 Å². The topological polar surface area (TPSA) is 66.4 Å². The lowest BCUT2D eigenvalue weighted by Crippen LogP contribution is -2.37. The molecule has 4 rings (SSSR count). The maximum Gasteiger partial charge on any atom is 0.256 e. The number of para-hydroxylation sites is 3. The average Bonchev–Trinajstić information content (AvgIpc) is 2.74. The summed E-state index contributed by atoms with van der Waals surface area (Å²) in [5, 5.41) is 0. The molecule has 3 aromatic rings. The number of benzene rings is 2. The summed E-state index contributed by atoms with van der Waals surface area (Å²) in [6, 6.07) is 14.8. The molecule has 1 aliphatic rings. The summed E-state index contributed by atoms with van der Waals surface area (Å²) in [5.74, 6) is -0.303. The second-order valence-corrected chi connectivity index (χ2v) is 6.38. The molecule has 0 saturated heterocycles. The number of nitrogens with zero attached hydrogens (tertiary/aromatic N) is 4. The van der Waals surface area contributed by atoms with Crippen molar-refractivity contribution in [2.75, 3.05) is 18.5 Å². The number of amides is 2. The summed E-state index contributed by atoms with van der Waals surface area (Å²) < 4.78 is 0. The molecule has 0 fully saturated rings. The van der Waals surface area contributed by atoms with E-state index in [4.69, 9.17) is 0 Å². The summed E-state index contributed by atoms with van der Waals surface area (Å²) in [5.41, 5.74) is 4.21. The largest absolute Gasteiger partial charge is 0.323 e. The number of anilines is 1. The third kappa shape index (κ3) is 2.69. The van der Waals surface area contributed by atoms with E-state index in [0.717, 1.165) is 16.7 Å². The van der Waals surface area contributed by atoms with Crippen molar-refractivity contribution in [1.82, 2.24) is 14.9 Å². The van der Waals surface area contributed by atoms with Gasteiger partial charge in [-0.15, -0.1) is 0 Å². The number of fused-ring (bicyclic) bond motifs is 2. The predicted molar refractivity (Wildman–Crippen MR) is 98.9 cm³/mol. The molecule has 0 saturated carbocycles. The second-order valence-electron chi connectivity index (χ2n) is 6.38. The van der Waals surface area contributed by atoms with Gasteiger partial charge in [-0.2, -0.15) is 0 Å². The molecule has 1 aromatic heterocycles. The fourth-order valence-electron chi connectivity index (χ4n) is 3.18. The SMILES string of the molecule is Cc1nc2ccccc2nc1CN1CC(=O)N(C)c2ccccc2C1=O. The number of hydrogen-bond acceptors (Lipinski definition) is 4. The molecule has 0 atom stereocenters. The minimum Gasteiger partial charge on any atom is -0.323 e. The van der Waals surface area contributed by atoms with Crippen molar-refractivity contribution in [2.24, 2.45) is 0 Å². The minimum atomic E-state index is -0.173. The van der Waals surface area contributed by atoms with Gasteiger partial charge >= 0.3 is 0 Å². The minimum absolute atomic E-state index is 0.0119. The molecule has 0 radical (unpaired) electrons. The first-order chi connectivity index (χ1) is 12.5. The molecular formula is C20H18N4O2. The second kappa shape index (κ2) is 6.22. The van der Waals surface area contributed by atoms with Crippen molar-refractivity contribution in [3.63, 3.8) is 0 Å². The van der Waals surface area contributed by atoms with Crippen LogP contribution in [0.3, 0.4) is 0 Å². The Kier molecular flexibility index (Phi) is 3.88. The van der Waals surface area contributed by atoms with Crippen LogP contribution in [0.15, 0.2) is 48.5 Å². The van der Waals surface area contributed by atoms with Crippen LogP contribution in [0, 0.1) is 6.92 Å². The van der Waals surface area contributed by atoms with Crippen molar-refractivity contribution >= 4 is 28.5 Å². The summed E-state index contributed by atoms with van der Waals surface area (Å²) in [7, 11) is 1.69. The van der Waals surface area contributed by atoms with Crippen LogP contribution in [0.5, 0.6) is 0 Å². The van der Waals surface area contributed by atoms with E-state index < -0.39 is 0 Å². The van der Waals surface area contributed by atoms with E-state index in [-0.39, 0.29) is 24.9 Å². The number of carbonyl (C=O) groups is 2. The number of hydrogen-bond donors (Lipinski definition) is 0. The zero-order valence-corrected chi connectivity index (χ0v) is 14.6. The lowest BCUT2D eigenvalue weighted by atomic mass is 10.1. The van der Waals surface area contributed by atoms with Gasteiger partial charge in [-0.05, 0) is 31.2 Å². The molecule has 1 aliphatic heterocycles. The van der Waals surface area contributed by atoms with Gasteiger partial charge in [-0.1, -0.05) is 24.3 Å². The number of aromatic nitrogens is 2. The van der Waals surface area contributed by atoms with Crippen LogP contribution in [0.4, 0.5) is 5.69 Å². The van der Waals surface area contributed by atoms with Crippen molar-refractivity contribution < 1.29 is 9.59 Å². The first-order valence-electron chi connectivity index (χ1n) is 8.41. The molecule has 6 heteroatoms. The van der Waals surface area contributed by atoms with Gasteiger partial charge in [0.05, 0.1) is 40.2 Å². The van der Waals surface area contributed by atoms with Gasteiger partial charge in [0, 0.05) is 7.05 Å². The molecule has 0 aliphatic carbocycles.